The third-order valence-electron chi connectivity index (χ3n) is 22.0. The average Bonchev–Trinajstić information content (AvgIpc) is 0.764. The van der Waals surface area contributed by atoms with Crippen LogP contribution in [0.5, 0.6) is 51.7 Å². The van der Waals surface area contributed by atoms with Crippen LogP contribution in [0.25, 0.3) is 21.6 Å². The molecule has 7 aromatic carbocycles. The first kappa shape index (κ1) is 93.2. The lowest BCUT2D eigenvalue weighted by atomic mass is 9.84. The molecule has 0 saturated carbocycles. The van der Waals surface area contributed by atoms with Gasteiger partial charge >= 0.3 is 0 Å². The molecule has 7 heterocycles. The monoisotopic (exact) mass is 1800 g/mol. The number of aliphatic hydroxyl groups is 5. The van der Waals surface area contributed by atoms with Crippen LogP contribution in [0.4, 0.5) is 0 Å². The zero-order valence-corrected chi connectivity index (χ0v) is 71.0. The van der Waals surface area contributed by atoms with E-state index in [9.17, 15) is 60.8 Å². The van der Waals surface area contributed by atoms with E-state index in [0.717, 1.165) is 47.5 Å². The van der Waals surface area contributed by atoms with E-state index < -0.39 is 204 Å². The molecule has 666 valence electrons. The van der Waals surface area contributed by atoms with Crippen LogP contribution in [0.3, 0.4) is 0 Å². The van der Waals surface area contributed by atoms with Gasteiger partial charge in [0.2, 0.25) is 53.4 Å². The van der Waals surface area contributed by atoms with Crippen molar-refractivity contribution in [3.63, 3.8) is 0 Å². The number of phenolic OH excluding ortho intramolecular Hbond substituents is 3. The summed E-state index contributed by atoms with van der Waals surface area (Å²) in [7, 11) is 1.49. The average molecular weight is 1810 g/mol. The Morgan fingerprint density at radius 3 is 2.02 bits per heavy atom. The Hall–Kier alpha value is -11.0. The number of likely N-dealkylation sites (N-methyl/N-ethyl adjacent to an activating group) is 1. The second-order valence-electron chi connectivity index (χ2n) is 31.5. The van der Waals surface area contributed by atoms with Crippen LogP contribution < -0.4 is 78.3 Å². The molecule has 40 heteroatoms. The van der Waals surface area contributed by atoms with Gasteiger partial charge in [0.05, 0.1) is 63.5 Å². The van der Waals surface area contributed by atoms with Crippen LogP contribution in [0.2, 0.25) is 20.1 Å². The molecule has 36 nitrogen and oxygen atoms in total. The highest BCUT2D eigenvalue weighted by Gasteiger charge is 2.52. The Labute approximate surface area is 736 Å². The van der Waals surface area contributed by atoms with Crippen molar-refractivity contribution >= 4 is 87.8 Å². The molecule has 2 fully saturated rings. The minimum atomic E-state index is -2.26. The Morgan fingerprint density at radius 1 is 0.712 bits per heavy atom. The number of ether oxygens (including phenoxy) is 7. The summed E-state index contributed by atoms with van der Waals surface area (Å²) in [5, 5.41) is 126. The predicted octanol–water partition coefficient (Wildman–Crippen LogP) is 6.90. The number of rotatable bonds is 24. The number of aliphatic hydroxyl groups excluding tert-OH is 5. The van der Waals surface area contributed by atoms with Crippen molar-refractivity contribution < 1.29 is 108 Å². The van der Waals surface area contributed by atoms with Crippen molar-refractivity contribution in [3.05, 3.63) is 203 Å². The summed E-state index contributed by atoms with van der Waals surface area (Å²) in [6.45, 7) is 11.2. The Bertz CT molecular complexity index is 5270. The zero-order valence-electron chi connectivity index (χ0n) is 68.0. The molecule has 7 aromatic rings. The fourth-order valence-corrected chi connectivity index (χ4v) is 16.0. The van der Waals surface area contributed by atoms with E-state index in [1.165, 1.54) is 49.5 Å². The molecule has 7 aliphatic heterocycles. The number of phenols is 3. The van der Waals surface area contributed by atoms with E-state index in [-0.39, 0.29) is 106 Å². The number of carbonyl (C=O) groups excluding carboxylic acids is 7. The van der Waals surface area contributed by atoms with Crippen molar-refractivity contribution in [3.8, 4) is 62.9 Å². The lowest BCUT2D eigenvalue weighted by Crippen LogP contribution is -2.65. The fraction of sp³-hybridized carbons (Fsp3) is 0.400. The van der Waals surface area contributed by atoms with Crippen molar-refractivity contribution in [2.24, 2.45) is 22.5 Å². The number of aromatic hydroxyl groups is 3. The van der Waals surface area contributed by atoms with E-state index in [2.05, 4.69) is 64.5 Å². The van der Waals surface area contributed by atoms with Crippen LogP contribution in [-0.2, 0) is 60.9 Å². The molecule has 0 spiro atoms. The normalized spacial score (nSPS) is 25.9. The first-order valence-corrected chi connectivity index (χ1v) is 41.4. The third kappa shape index (κ3) is 21.8. The standard InChI is InChI=1S/C85H96Cl4N14O22/c1-37(2)23-54(93-6)78(113)102-70-72(109)44-14-20-59(53(89)27-44)122-61-29-45-28-60(75(61)125-84-76(74(111)73(110)62(123-84)35-96-103-92)124-64-33-85(5,77(112)39(4)120-64)95-34-40-9-15-47(16-10-40)119-36-41-11-17-50(86)51(87)24-41)121-58-19-13-43(26-52(58)88)71(108)69-83(118)101-68(80(115)94-22-8-7-21-90)49-30-46(104)31-57(106)65(49)48-25-42(12-18-56(48)105)66(38(3)97-69)99-81(116)67(45)100-79(114)55(32-63(91)107)98-82(70)117/h9-20,24-31,37,39,54-55,62,64,66-74,76-77,84,93,95,97,104-106,108-112H,3,7-8,21-23,32-36,90H2,1-2,4-6H3,(H2,91,107)(H,94,115)(H,98,117)(H,99,116)(H,100,114)(H,101,118)(H,102,113)/t39?,54-,55+,62?,64?,66?,67-,68+,69+,70-,71-,72-,73?,74?,76?,77?,84?,85?/m1/s1. The van der Waals surface area contributed by atoms with Crippen LogP contribution >= 0.6 is 46.4 Å². The molecule has 0 radical (unpaired) electrons. The van der Waals surface area contributed by atoms with E-state index in [4.69, 9.17) is 91.0 Å². The molecule has 7 amide bonds. The van der Waals surface area contributed by atoms with Gasteiger partial charge in [0.15, 0.2) is 23.9 Å². The molecule has 21 N–H and O–H groups in total. The molecule has 11 bridgehead atoms. The third-order valence-corrected chi connectivity index (χ3v) is 23.3. The number of carbonyl (C=O) groups is 7. The van der Waals surface area contributed by atoms with Crippen LogP contribution in [0.1, 0.15) is 129 Å². The maximum absolute atomic E-state index is 16.5. The first-order chi connectivity index (χ1) is 59.5. The van der Waals surface area contributed by atoms with E-state index in [0.29, 0.717) is 28.6 Å². The molecule has 18 atom stereocenters. The van der Waals surface area contributed by atoms with Crippen molar-refractivity contribution in [1.29, 1.82) is 0 Å². The molecule has 14 rings (SSSR count). The summed E-state index contributed by atoms with van der Waals surface area (Å²) in [6, 6.07) is 14.4. The topological polar surface area (TPSA) is 555 Å². The number of hydrogen-bond donors (Lipinski definition) is 19. The molecule has 0 aliphatic carbocycles. The number of nitrogens with zero attached hydrogens (tertiary/aromatic N) is 3. The van der Waals surface area contributed by atoms with Crippen LogP contribution in [0, 0.1) is 5.92 Å². The van der Waals surface area contributed by atoms with Crippen LogP contribution in [0.15, 0.2) is 139 Å². The first-order valence-electron chi connectivity index (χ1n) is 39.9. The SMILES string of the molecule is C=C1N[C@@H]2C(=O)N[C@H](C(=O)NCCCCN)c3cc(O)cc(O)c3-c3cc(ccc3O)C1NC(=O)[C@@H]1NC(=O)[C@H](CC(N)=O)NC(=O)[C@H](NC(=O)[C@@H](CC(C)C)NC)[C@H](O)c3ccc(c(Cl)c3)Oc3cc1cc(c3OC1OC(CN=[N+]=[N-])C(O)C(O)C1OC1CC(C)(NCc3ccc(OCc4ccc(Cl)c(Cl)c4)cc3)C(O)C(C)O1)Oc1ccc(cc1Cl)[C@H]2O. The number of amides is 7. The summed E-state index contributed by atoms with van der Waals surface area (Å²) in [5.41, 5.74) is 19.5. The number of unbranched alkanes of at least 4 members (excludes halogenated alkanes) is 1. The molecule has 2 saturated heterocycles. The van der Waals surface area contributed by atoms with Gasteiger partial charge in [0.25, 0.3) is 0 Å². The van der Waals surface area contributed by atoms with Crippen molar-refractivity contribution in [2.75, 3.05) is 26.7 Å². The fourth-order valence-electron chi connectivity index (χ4n) is 15.3. The van der Waals surface area contributed by atoms with Gasteiger partial charge in [0, 0.05) is 52.9 Å². The highest BCUT2D eigenvalue weighted by molar-refractivity contribution is 6.42. The minimum absolute atomic E-state index is 0.00583. The van der Waals surface area contributed by atoms with Gasteiger partial charge in [-0.25, -0.2) is 0 Å². The van der Waals surface area contributed by atoms with Gasteiger partial charge in [0.1, 0.15) is 95.7 Å². The van der Waals surface area contributed by atoms with Crippen molar-refractivity contribution in [2.45, 2.75) is 182 Å². The predicted molar refractivity (Wildman–Crippen MR) is 454 cm³/mol. The smallest absolute Gasteiger partial charge is 0.248 e. The molecular weight excluding hydrogens is 1710 g/mol. The van der Waals surface area contributed by atoms with Crippen LogP contribution in [-0.4, -0.2) is 188 Å². The summed E-state index contributed by atoms with van der Waals surface area (Å²) >= 11 is 26.9. The van der Waals surface area contributed by atoms with Gasteiger partial charge in [-0.3, -0.25) is 33.6 Å². The molecular formula is C85H96Cl4N14O22. The summed E-state index contributed by atoms with van der Waals surface area (Å²) in [5.74, 6) is -12.0. The number of nitrogens with one attached hydrogen (secondary N) is 9. The Kier molecular flexibility index (Phi) is 30.2. The maximum Gasteiger partial charge on any atom is 0.248 e. The largest absolute Gasteiger partial charge is 0.508 e. The minimum Gasteiger partial charge on any atom is -0.508 e. The summed E-state index contributed by atoms with van der Waals surface area (Å²) in [6.07, 6.45) is -17.7. The summed E-state index contributed by atoms with van der Waals surface area (Å²) in [4.78, 5) is 108. The Balaban J connectivity index is 1.03. The van der Waals surface area contributed by atoms with Gasteiger partial charge in [-0.1, -0.05) is 108 Å². The highest BCUT2D eigenvalue weighted by Crippen LogP contribution is 2.50. The molecule has 0 aromatic heterocycles. The van der Waals surface area contributed by atoms with E-state index in [1.807, 2.05) is 26.0 Å². The number of halogens is 4. The second kappa shape index (κ2) is 40.5. The number of fused-ring (bicyclic) bond motifs is 15. The Morgan fingerprint density at radius 2 is 1.38 bits per heavy atom. The zero-order chi connectivity index (χ0) is 90.2. The van der Waals surface area contributed by atoms with Gasteiger partial charge in [-0.2, -0.15) is 0 Å². The number of benzene rings is 7. The number of azide groups is 1. The number of hydrogen-bond acceptors (Lipinski definition) is 27. The quantitative estimate of drug-likeness (QED) is 0.0127. The van der Waals surface area contributed by atoms with Crippen molar-refractivity contribution in [1.82, 2.24) is 47.9 Å². The van der Waals surface area contributed by atoms with Gasteiger partial charge < -0.3 is 133 Å². The van der Waals surface area contributed by atoms with Gasteiger partial charge in [-0.05, 0) is 176 Å². The molecule has 125 heavy (non-hydrogen) atoms. The lowest BCUT2D eigenvalue weighted by molar-refractivity contribution is -0.331. The number of primary amides is 1. The lowest BCUT2D eigenvalue weighted by Gasteiger charge is -2.48. The second-order valence-corrected chi connectivity index (χ2v) is 33.1. The maximum atomic E-state index is 16.5. The number of nitrogens with two attached hydrogens (primary N) is 2. The van der Waals surface area contributed by atoms with E-state index >= 15 is 19.2 Å². The highest BCUT2D eigenvalue weighted by atomic mass is 35.5. The summed E-state index contributed by atoms with van der Waals surface area (Å²) < 4.78 is 46.2. The molecule has 10 unspecified atom stereocenters. The van der Waals surface area contributed by atoms with Gasteiger partial charge in [-0.15, -0.1) is 0 Å². The molecule has 7 aliphatic rings. The van der Waals surface area contributed by atoms with E-state index in [1.54, 1.807) is 44.2 Å².